The summed E-state index contributed by atoms with van der Waals surface area (Å²) in [4.78, 5) is 32.2. The summed E-state index contributed by atoms with van der Waals surface area (Å²) in [6, 6.07) is 20.1. The number of hydrogen-bond donors (Lipinski definition) is 0. The number of ether oxygens (including phenoxy) is 4. The monoisotopic (exact) mass is 648 g/mol. The molecule has 10 heteroatoms. The molecule has 0 fully saturated rings. The number of carbonyl (C=O) groups is 1. The van der Waals surface area contributed by atoms with E-state index in [0.717, 1.165) is 11.1 Å². The van der Waals surface area contributed by atoms with E-state index in [1.165, 1.54) is 11.3 Å². The van der Waals surface area contributed by atoms with Gasteiger partial charge in [0, 0.05) is 0 Å². The predicted molar refractivity (Wildman–Crippen MR) is 165 cm³/mol. The van der Waals surface area contributed by atoms with Gasteiger partial charge < -0.3 is 18.9 Å². The van der Waals surface area contributed by atoms with Gasteiger partial charge in [-0.2, -0.15) is 0 Å². The summed E-state index contributed by atoms with van der Waals surface area (Å²) in [6.07, 6.45) is 1.79. The molecule has 2 heterocycles. The minimum absolute atomic E-state index is 0.200. The Kier molecular flexibility index (Phi) is 8.94. The normalized spacial score (nSPS) is 14.7. The Labute approximate surface area is 255 Å². The molecule has 3 aromatic carbocycles. The van der Waals surface area contributed by atoms with Crippen molar-refractivity contribution in [2.24, 2.45) is 4.99 Å². The summed E-state index contributed by atoms with van der Waals surface area (Å²) in [5.74, 6) is 1.27. The number of thiazole rings is 1. The topological polar surface area (TPSA) is 88.4 Å². The van der Waals surface area contributed by atoms with E-state index >= 15 is 0 Å². The van der Waals surface area contributed by atoms with Crippen LogP contribution in [-0.4, -0.2) is 31.4 Å². The van der Waals surface area contributed by atoms with E-state index in [4.69, 9.17) is 18.9 Å². The Morgan fingerprint density at radius 2 is 1.76 bits per heavy atom. The molecule has 216 valence electrons. The molecule has 0 saturated heterocycles. The number of carbonyl (C=O) groups excluding carboxylic acids is 1. The lowest BCUT2D eigenvalue weighted by molar-refractivity contribution is -0.139. The minimum Gasteiger partial charge on any atom is -0.496 e. The van der Waals surface area contributed by atoms with E-state index in [1.807, 2.05) is 60.7 Å². The highest BCUT2D eigenvalue weighted by atomic mass is 79.9. The molecule has 0 aliphatic carbocycles. The van der Waals surface area contributed by atoms with Crippen molar-refractivity contribution in [1.82, 2.24) is 4.57 Å². The highest BCUT2D eigenvalue weighted by Crippen LogP contribution is 2.35. The number of methoxy groups -OCH3 is 2. The van der Waals surface area contributed by atoms with E-state index in [-0.39, 0.29) is 12.2 Å². The lowest BCUT2D eigenvalue weighted by atomic mass is 9.96. The summed E-state index contributed by atoms with van der Waals surface area (Å²) in [5, 5.41) is 0. The highest BCUT2D eigenvalue weighted by Gasteiger charge is 2.33. The molecular weight excluding hydrogens is 620 g/mol. The summed E-state index contributed by atoms with van der Waals surface area (Å²) >= 11 is 4.79. The first-order chi connectivity index (χ1) is 20.3. The van der Waals surface area contributed by atoms with Crippen LogP contribution in [0.15, 0.2) is 92.3 Å². The van der Waals surface area contributed by atoms with E-state index in [2.05, 4.69) is 20.9 Å². The SMILES string of the molecule is CCOC(=O)C1=C(C)N=c2s/c(=C/c3ccc(OCc4ccccc4)c(OC)c3)c(=O)n2C1c1ccc(OC)c(Br)c1. The maximum Gasteiger partial charge on any atom is 0.338 e. The number of fused-ring (bicyclic) bond motifs is 1. The van der Waals surface area contributed by atoms with Crippen LogP contribution < -0.4 is 29.1 Å². The molecule has 1 unspecified atom stereocenters. The molecule has 0 spiro atoms. The van der Waals surface area contributed by atoms with E-state index < -0.39 is 12.0 Å². The van der Waals surface area contributed by atoms with Gasteiger partial charge in [0.15, 0.2) is 16.3 Å². The minimum atomic E-state index is -0.729. The van der Waals surface area contributed by atoms with Gasteiger partial charge in [-0.15, -0.1) is 0 Å². The fraction of sp³-hybridized carbons (Fsp3) is 0.219. The molecular formula is C32H29BrN2O6S. The summed E-state index contributed by atoms with van der Waals surface area (Å²) in [7, 11) is 3.16. The highest BCUT2D eigenvalue weighted by molar-refractivity contribution is 9.10. The van der Waals surface area contributed by atoms with Gasteiger partial charge in [0.1, 0.15) is 12.4 Å². The standard InChI is InChI=1S/C32H29BrN2O6S/c1-5-40-31(37)28-19(2)34-32-35(29(28)22-12-14-24(38-3)23(33)17-22)30(36)27(42-32)16-21-11-13-25(26(15-21)39-4)41-18-20-9-7-6-8-10-20/h6-17,29H,5,18H2,1-4H3/b27-16+. The zero-order valence-corrected chi connectivity index (χ0v) is 26.0. The quantitative estimate of drug-likeness (QED) is 0.233. The first-order valence-electron chi connectivity index (χ1n) is 13.2. The van der Waals surface area contributed by atoms with Crippen molar-refractivity contribution in [3.8, 4) is 17.2 Å². The van der Waals surface area contributed by atoms with Gasteiger partial charge >= 0.3 is 5.97 Å². The average molecular weight is 650 g/mol. The number of allylic oxidation sites excluding steroid dienone is 1. The summed E-state index contributed by atoms with van der Waals surface area (Å²) in [6.45, 7) is 4.10. The molecule has 0 saturated carbocycles. The van der Waals surface area contributed by atoms with Crippen LogP contribution in [0.4, 0.5) is 0 Å². The first-order valence-corrected chi connectivity index (χ1v) is 14.8. The van der Waals surface area contributed by atoms with Crippen molar-refractivity contribution in [3.05, 3.63) is 119 Å². The van der Waals surface area contributed by atoms with Gasteiger partial charge in [-0.1, -0.05) is 53.8 Å². The first kappa shape index (κ1) is 29.3. The molecule has 8 nitrogen and oxygen atoms in total. The molecule has 1 aliphatic rings. The van der Waals surface area contributed by atoms with Crippen LogP contribution in [0.1, 0.15) is 36.6 Å². The Hall–Kier alpha value is -4.15. The van der Waals surface area contributed by atoms with Crippen molar-refractivity contribution in [1.29, 1.82) is 0 Å². The number of benzene rings is 3. The molecule has 1 atom stereocenters. The fourth-order valence-corrected chi connectivity index (χ4v) is 6.34. The molecule has 5 rings (SSSR count). The van der Waals surface area contributed by atoms with Crippen LogP contribution in [0.3, 0.4) is 0 Å². The number of aromatic nitrogens is 1. The van der Waals surface area contributed by atoms with Crippen LogP contribution in [0.5, 0.6) is 17.2 Å². The van der Waals surface area contributed by atoms with Crippen molar-refractivity contribution < 1.29 is 23.7 Å². The second-order valence-corrected chi connectivity index (χ2v) is 11.2. The number of nitrogens with zero attached hydrogens (tertiary/aromatic N) is 2. The van der Waals surface area contributed by atoms with Gasteiger partial charge in [-0.05, 0) is 76.8 Å². The molecule has 0 radical (unpaired) electrons. The summed E-state index contributed by atoms with van der Waals surface area (Å²) in [5.41, 5.74) is 3.06. The lowest BCUT2D eigenvalue weighted by Crippen LogP contribution is -2.39. The Bertz CT molecular complexity index is 1840. The Morgan fingerprint density at radius 1 is 1.02 bits per heavy atom. The predicted octanol–water partition coefficient (Wildman–Crippen LogP) is 5.16. The second-order valence-electron chi connectivity index (χ2n) is 9.38. The average Bonchev–Trinajstić information content (AvgIpc) is 3.29. The molecule has 1 aliphatic heterocycles. The maximum absolute atomic E-state index is 13.9. The fourth-order valence-electron chi connectivity index (χ4n) is 4.74. The molecule has 0 bridgehead atoms. The molecule has 0 N–H and O–H groups in total. The summed E-state index contributed by atoms with van der Waals surface area (Å²) < 4.78 is 25.1. The Morgan fingerprint density at radius 3 is 2.45 bits per heavy atom. The molecule has 42 heavy (non-hydrogen) atoms. The molecule has 0 amide bonds. The van der Waals surface area contributed by atoms with Crippen LogP contribution in [0, 0.1) is 0 Å². The van der Waals surface area contributed by atoms with E-state index in [0.29, 0.717) is 54.5 Å². The molecule has 4 aromatic rings. The number of rotatable bonds is 9. The van der Waals surface area contributed by atoms with Crippen molar-refractivity contribution in [2.45, 2.75) is 26.5 Å². The molecule has 1 aromatic heterocycles. The zero-order chi connectivity index (χ0) is 29.8. The number of esters is 1. The largest absolute Gasteiger partial charge is 0.496 e. The number of halogens is 1. The Balaban J connectivity index is 1.57. The lowest BCUT2D eigenvalue weighted by Gasteiger charge is -2.25. The van der Waals surface area contributed by atoms with Gasteiger partial charge in [0.05, 0.1) is 47.1 Å². The third kappa shape index (κ3) is 5.91. The van der Waals surface area contributed by atoms with Crippen LogP contribution >= 0.6 is 27.3 Å². The second kappa shape index (κ2) is 12.8. The zero-order valence-electron chi connectivity index (χ0n) is 23.5. The van der Waals surface area contributed by atoms with E-state index in [9.17, 15) is 9.59 Å². The van der Waals surface area contributed by atoms with Crippen molar-refractivity contribution in [3.63, 3.8) is 0 Å². The van der Waals surface area contributed by atoms with Gasteiger partial charge in [-0.3, -0.25) is 9.36 Å². The van der Waals surface area contributed by atoms with Crippen molar-refractivity contribution >= 4 is 39.3 Å². The van der Waals surface area contributed by atoms with Gasteiger partial charge in [-0.25, -0.2) is 9.79 Å². The van der Waals surface area contributed by atoms with Crippen LogP contribution in [0.2, 0.25) is 0 Å². The smallest absolute Gasteiger partial charge is 0.338 e. The van der Waals surface area contributed by atoms with Crippen LogP contribution in [-0.2, 0) is 16.1 Å². The maximum atomic E-state index is 13.9. The third-order valence-electron chi connectivity index (χ3n) is 6.73. The third-order valence-corrected chi connectivity index (χ3v) is 8.33. The van der Waals surface area contributed by atoms with Crippen molar-refractivity contribution in [2.75, 3.05) is 20.8 Å². The number of hydrogen-bond acceptors (Lipinski definition) is 8. The van der Waals surface area contributed by atoms with Gasteiger partial charge in [0.25, 0.3) is 5.56 Å². The van der Waals surface area contributed by atoms with E-state index in [1.54, 1.807) is 44.8 Å². The van der Waals surface area contributed by atoms with Crippen LogP contribution in [0.25, 0.3) is 6.08 Å². The van der Waals surface area contributed by atoms with Gasteiger partial charge in [0.2, 0.25) is 0 Å².